The maximum absolute atomic E-state index is 13.5. The highest BCUT2D eigenvalue weighted by atomic mass is 32.2. The number of carbonyl (C=O) groups is 4. The number of benzene rings is 2. The highest BCUT2D eigenvalue weighted by Gasteiger charge is 2.31. The summed E-state index contributed by atoms with van der Waals surface area (Å²) < 4.78 is 28.3. The van der Waals surface area contributed by atoms with Gasteiger partial charge in [-0.05, 0) is 55.7 Å². The van der Waals surface area contributed by atoms with Gasteiger partial charge in [-0.2, -0.15) is 4.31 Å². The highest BCUT2D eigenvalue weighted by molar-refractivity contribution is 7.89. The Labute approximate surface area is 242 Å². The van der Waals surface area contributed by atoms with E-state index in [0.29, 0.717) is 23.4 Å². The molecular weight excluding hydrogens is 566 g/mol. The van der Waals surface area contributed by atoms with E-state index in [1.54, 1.807) is 18.7 Å². The molecule has 216 valence electrons. The van der Waals surface area contributed by atoms with Gasteiger partial charge in [-0.25, -0.2) is 13.2 Å². The van der Waals surface area contributed by atoms with Gasteiger partial charge in [0.2, 0.25) is 15.9 Å². The molecule has 11 nitrogen and oxygen atoms in total. The van der Waals surface area contributed by atoms with E-state index in [-0.39, 0.29) is 46.1 Å². The minimum atomic E-state index is -3.87. The maximum Gasteiger partial charge on any atom is 0.319 e. The van der Waals surface area contributed by atoms with Crippen molar-refractivity contribution in [2.45, 2.75) is 51.2 Å². The summed E-state index contributed by atoms with van der Waals surface area (Å²) in [6.45, 7) is 5.90. The SMILES string of the molecule is CC(=O)N1CCc2c(sc(NC(=O)c3ccc(S(=O)(=O)N(Cc4ccccc4)C(C)C)cc3)c2C(=O)NC(N)=O)C1. The topological polar surface area (TPSA) is 159 Å². The Kier molecular flexibility index (Phi) is 8.90. The van der Waals surface area contributed by atoms with Crippen molar-refractivity contribution in [2.75, 3.05) is 11.9 Å². The normalized spacial score (nSPS) is 13.1. The number of fused-ring (bicyclic) bond motifs is 1. The van der Waals surface area contributed by atoms with Crippen molar-refractivity contribution in [3.63, 3.8) is 0 Å². The van der Waals surface area contributed by atoms with Gasteiger partial charge in [0.1, 0.15) is 5.00 Å². The second-order valence-electron chi connectivity index (χ2n) is 9.82. The number of nitrogens with one attached hydrogen (secondary N) is 2. The van der Waals surface area contributed by atoms with Crippen LogP contribution in [0.2, 0.25) is 0 Å². The summed E-state index contributed by atoms with van der Waals surface area (Å²) >= 11 is 1.14. The Morgan fingerprint density at radius 3 is 2.27 bits per heavy atom. The molecule has 0 bridgehead atoms. The molecule has 1 aliphatic heterocycles. The van der Waals surface area contributed by atoms with Crippen molar-refractivity contribution in [1.82, 2.24) is 14.5 Å². The van der Waals surface area contributed by atoms with Gasteiger partial charge in [0.15, 0.2) is 0 Å². The maximum atomic E-state index is 13.5. The van der Waals surface area contributed by atoms with Crippen LogP contribution in [0.15, 0.2) is 59.5 Å². The standard InChI is InChI=1S/C28H31N5O6S2/c1-17(2)33(15-19-7-5-4-6-8-19)41(38,39)21-11-9-20(10-12-21)25(35)30-27-24(26(36)31-28(29)37)22-13-14-32(18(3)34)16-23(22)40-27/h4-12,17H,13-16H2,1-3H3,(H,30,35)(H3,29,31,36,37). The zero-order valence-electron chi connectivity index (χ0n) is 22.8. The number of nitrogens with two attached hydrogens (primary N) is 1. The number of imide groups is 1. The average molecular weight is 598 g/mol. The minimum absolute atomic E-state index is 0.0381. The lowest BCUT2D eigenvalue weighted by Crippen LogP contribution is -2.37. The minimum Gasteiger partial charge on any atom is -0.351 e. The van der Waals surface area contributed by atoms with Gasteiger partial charge in [-0.3, -0.25) is 19.7 Å². The molecule has 0 radical (unpaired) electrons. The fourth-order valence-corrected chi connectivity index (χ4v) is 7.45. The predicted octanol–water partition coefficient (Wildman–Crippen LogP) is 3.31. The summed E-state index contributed by atoms with van der Waals surface area (Å²) in [5, 5.41) is 4.97. The molecule has 1 aromatic heterocycles. The van der Waals surface area contributed by atoms with Crippen molar-refractivity contribution < 1.29 is 27.6 Å². The molecule has 13 heteroatoms. The quantitative estimate of drug-likeness (QED) is 0.361. The molecule has 1 aliphatic rings. The Morgan fingerprint density at radius 2 is 1.68 bits per heavy atom. The van der Waals surface area contributed by atoms with E-state index in [1.807, 2.05) is 35.6 Å². The fourth-order valence-electron chi connectivity index (χ4n) is 4.57. The molecular formula is C28H31N5O6S2. The van der Waals surface area contributed by atoms with Gasteiger partial charge >= 0.3 is 6.03 Å². The average Bonchev–Trinajstić information content (AvgIpc) is 3.28. The number of amides is 5. The smallest absolute Gasteiger partial charge is 0.319 e. The van der Waals surface area contributed by atoms with Crippen LogP contribution in [0.25, 0.3) is 0 Å². The number of anilines is 1. The largest absolute Gasteiger partial charge is 0.351 e. The summed E-state index contributed by atoms with van der Waals surface area (Å²) in [4.78, 5) is 51.7. The number of nitrogens with zero attached hydrogens (tertiary/aromatic N) is 2. The molecule has 0 saturated carbocycles. The number of sulfonamides is 1. The van der Waals surface area contributed by atoms with Crippen LogP contribution in [-0.2, 0) is 34.3 Å². The molecule has 0 spiro atoms. The molecule has 2 aromatic carbocycles. The van der Waals surface area contributed by atoms with E-state index in [0.717, 1.165) is 16.9 Å². The van der Waals surface area contributed by atoms with E-state index in [2.05, 4.69) is 5.32 Å². The second-order valence-corrected chi connectivity index (χ2v) is 12.8. The van der Waals surface area contributed by atoms with Crippen LogP contribution >= 0.6 is 11.3 Å². The van der Waals surface area contributed by atoms with Crippen molar-refractivity contribution >= 4 is 50.1 Å². The summed E-state index contributed by atoms with van der Waals surface area (Å²) in [6.07, 6.45) is 0.366. The number of rotatable bonds is 8. The molecule has 2 heterocycles. The third-order valence-corrected chi connectivity index (χ3v) is 9.84. The van der Waals surface area contributed by atoms with Gasteiger partial charge in [0.05, 0.1) is 17.0 Å². The monoisotopic (exact) mass is 597 g/mol. The predicted molar refractivity (Wildman–Crippen MR) is 155 cm³/mol. The van der Waals surface area contributed by atoms with Gasteiger partial charge in [0.25, 0.3) is 11.8 Å². The Bertz CT molecular complexity index is 1580. The van der Waals surface area contributed by atoms with E-state index in [9.17, 15) is 27.6 Å². The molecule has 4 rings (SSSR count). The first-order valence-electron chi connectivity index (χ1n) is 12.9. The lowest BCUT2D eigenvalue weighted by molar-refractivity contribution is -0.129. The highest BCUT2D eigenvalue weighted by Crippen LogP contribution is 2.37. The molecule has 0 aliphatic carbocycles. The Balaban J connectivity index is 1.58. The lowest BCUT2D eigenvalue weighted by atomic mass is 10.0. The molecule has 0 unspecified atom stereocenters. The number of hydrogen-bond donors (Lipinski definition) is 3. The first kappa shape index (κ1) is 29.9. The molecule has 3 aromatic rings. The summed E-state index contributed by atoms with van der Waals surface area (Å²) in [6, 6.07) is 13.5. The van der Waals surface area contributed by atoms with Crippen molar-refractivity contribution in [3.8, 4) is 0 Å². The number of primary amides is 1. The van der Waals surface area contributed by atoms with Crippen LogP contribution in [-0.4, -0.2) is 54.0 Å². The van der Waals surface area contributed by atoms with Gasteiger partial charge in [0, 0.05) is 36.5 Å². The number of urea groups is 1. The Morgan fingerprint density at radius 1 is 1.02 bits per heavy atom. The molecule has 41 heavy (non-hydrogen) atoms. The number of hydrogen-bond acceptors (Lipinski definition) is 7. The van der Waals surface area contributed by atoms with Gasteiger partial charge in [-0.15, -0.1) is 11.3 Å². The zero-order valence-corrected chi connectivity index (χ0v) is 24.5. The lowest BCUT2D eigenvalue weighted by Gasteiger charge is -2.26. The Hall–Kier alpha value is -4.07. The third kappa shape index (κ3) is 6.64. The molecule has 0 fully saturated rings. The van der Waals surface area contributed by atoms with Crippen LogP contribution in [0, 0.1) is 0 Å². The van der Waals surface area contributed by atoms with Crippen molar-refractivity contribution in [1.29, 1.82) is 0 Å². The van der Waals surface area contributed by atoms with Crippen molar-refractivity contribution in [3.05, 3.63) is 81.7 Å². The van der Waals surface area contributed by atoms with Gasteiger partial charge < -0.3 is 16.0 Å². The molecule has 4 N–H and O–H groups in total. The van der Waals surface area contributed by atoms with E-state index in [4.69, 9.17) is 5.73 Å². The summed E-state index contributed by atoms with van der Waals surface area (Å²) in [7, 11) is -3.87. The number of thiophene rings is 1. The van der Waals surface area contributed by atoms with E-state index < -0.39 is 27.9 Å². The molecule has 0 atom stereocenters. The fraction of sp³-hybridized carbons (Fsp3) is 0.286. The van der Waals surface area contributed by atoms with Crippen molar-refractivity contribution in [2.24, 2.45) is 5.73 Å². The van der Waals surface area contributed by atoms with E-state index in [1.165, 1.54) is 35.5 Å². The van der Waals surface area contributed by atoms with Gasteiger partial charge in [-0.1, -0.05) is 30.3 Å². The summed E-state index contributed by atoms with van der Waals surface area (Å²) in [5.41, 5.74) is 6.92. The van der Waals surface area contributed by atoms with Crippen LogP contribution in [0.4, 0.5) is 9.80 Å². The van der Waals surface area contributed by atoms with Crippen LogP contribution < -0.4 is 16.4 Å². The number of carbonyl (C=O) groups excluding carboxylic acids is 4. The second kappa shape index (κ2) is 12.2. The molecule has 5 amide bonds. The summed E-state index contributed by atoms with van der Waals surface area (Å²) in [5.74, 6) is -1.45. The first-order valence-corrected chi connectivity index (χ1v) is 15.1. The van der Waals surface area contributed by atoms with E-state index >= 15 is 0 Å². The van der Waals surface area contributed by atoms with Crippen LogP contribution in [0.5, 0.6) is 0 Å². The molecule has 0 saturated heterocycles. The zero-order chi connectivity index (χ0) is 29.9. The first-order chi connectivity index (χ1) is 19.4. The van der Waals surface area contributed by atoms with Crippen LogP contribution in [0.1, 0.15) is 57.5 Å². The van der Waals surface area contributed by atoms with Crippen LogP contribution in [0.3, 0.4) is 0 Å². The third-order valence-electron chi connectivity index (χ3n) is 6.67.